The predicted molar refractivity (Wildman–Crippen MR) is 87.3 cm³/mol. The topological polar surface area (TPSA) is 64.7 Å². The summed E-state index contributed by atoms with van der Waals surface area (Å²) in [5.74, 6) is -0.448. The molecule has 1 aromatic carbocycles. The zero-order chi connectivity index (χ0) is 14.8. The molecule has 106 valence electrons. The number of amidine groups is 1. The van der Waals surface area contributed by atoms with Crippen molar-refractivity contribution >= 4 is 56.2 Å². The summed E-state index contributed by atoms with van der Waals surface area (Å²) in [6, 6.07) is 11.1. The molecule has 2 aromatic heterocycles. The first-order valence-corrected chi connectivity index (χ1v) is 8.00. The SMILES string of the molecule is N/C(=N\OC(=O)c1sc2ccccc2c1Cl)c1cccs1. The first-order chi connectivity index (χ1) is 10.2. The number of hydrogen-bond acceptors (Lipinski definition) is 5. The maximum absolute atomic E-state index is 12.1. The molecule has 0 bridgehead atoms. The Kier molecular flexibility index (Phi) is 3.92. The van der Waals surface area contributed by atoms with Crippen LogP contribution in [0.3, 0.4) is 0 Å². The number of thiophene rings is 2. The van der Waals surface area contributed by atoms with Gasteiger partial charge in [0, 0.05) is 10.1 Å². The van der Waals surface area contributed by atoms with Crippen LogP contribution in [0, 0.1) is 0 Å². The van der Waals surface area contributed by atoms with Crippen LogP contribution in [0.15, 0.2) is 46.9 Å². The molecule has 0 unspecified atom stereocenters. The summed E-state index contributed by atoms with van der Waals surface area (Å²) in [5.41, 5.74) is 5.73. The van der Waals surface area contributed by atoms with Crippen molar-refractivity contribution in [3.63, 3.8) is 0 Å². The lowest BCUT2D eigenvalue weighted by Crippen LogP contribution is -2.13. The summed E-state index contributed by atoms with van der Waals surface area (Å²) in [6.07, 6.45) is 0. The molecule has 3 rings (SSSR count). The minimum atomic E-state index is -0.610. The van der Waals surface area contributed by atoms with Gasteiger partial charge in [-0.1, -0.05) is 41.0 Å². The highest BCUT2D eigenvalue weighted by Gasteiger charge is 2.18. The molecule has 0 aliphatic heterocycles. The number of benzene rings is 1. The fraction of sp³-hybridized carbons (Fsp3) is 0. The number of hydrogen-bond donors (Lipinski definition) is 1. The predicted octanol–water partition coefficient (Wildman–Crippen LogP) is 4.09. The molecule has 0 aliphatic carbocycles. The van der Waals surface area contributed by atoms with Crippen LogP contribution < -0.4 is 5.73 Å². The van der Waals surface area contributed by atoms with Gasteiger partial charge in [-0.25, -0.2) is 4.79 Å². The van der Waals surface area contributed by atoms with Gasteiger partial charge in [-0.05, 0) is 17.5 Å². The first-order valence-electron chi connectivity index (χ1n) is 5.92. The minimum absolute atomic E-state index is 0.163. The van der Waals surface area contributed by atoms with Crippen LogP contribution >= 0.6 is 34.3 Å². The van der Waals surface area contributed by atoms with E-state index in [-0.39, 0.29) is 5.84 Å². The van der Waals surface area contributed by atoms with E-state index < -0.39 is 5.97 Å². The first kappa shape index (κ1) is 14.1. The number of oxime groups is 1. The van der Waals surface area contributed by atoms with Crippen LogP contribution in [0.5, 0.6) is 0 Å². The summed E-state index contributed by atoms with van der Waals surface area (Å²) in [7, 11) is 0. The molecule has 4 nitrogen and oxygen atoms in total. The van der Waals surface area contributed by atoms with Gasteiger partial charge in [0.15, 0.2) is 5.84 Å². The molecule has 0 spiro atoms. The van der Waals surface area contributed by atoms with E-state index in [4.69, 9.17) is 22.2 Å². The molecule has 0 fully saturated rings. The Morgan fingerprint density at radius 1 is 1.24 bits per heavy atom. The van der Waals surface area contributed by atoms with Crippen LogP contribution in [0.25, 0.3) is 10.1 Å². The Bertz CT molecular complexity index is 825. The average Bonchev–Trinajstić information content (AvgIpc) is 3.13. The van der Waals surface area contributed by atoms with Crippen molar-refractivity contribution in [1.29, 1.82) is 0 Å². The molecular formula is C14H9ClN2O2S2. The number of halogens is 1. The zero-order valence-corrected chi connectivity index (χ0v) is 13.0. The van der Waals surface area contributed by atoms with Crippen LogP contribution in [0.1, 0.15) is 14.5 Å². The smallest absolute Gasteiger partial charge is 0.377 e. The second-order valence-electron chi connectivity index (χ2n) is 4.07. The molecule has 2 N–H and O–H groups in total. The number of nitrogens with two attached hydrogens (primary N) is 1. The van der Waals surface area contributed by atoms with Crippen molar-refractivity contribution in [2.24, 2.45) is 10.9 Å². The number of rotatable bonds is 3. The van der Waals surface area contributed by atoms with E-state index in [0.29, 0.717) is 9.90 Å². The third-order valence-electron chi connectivity index (χ3n) is 2.72. The molecule has 0 atom stereocenters. The molecule has 0 amide bonds. The second kappa shape index (κ2) is 5.85. The van der Waals surface area contributed by atoms with E-state index in [1.807, 2.05) is 35.7 Å². The highest BCUT2D eigenvalue weighted by molar-refractivity contribution is 7.21. The van der Waals surface area contributed by atoms with Crippen molar-refractivity contribution in [2.75, 3.05) is 0 Å². The number of fused-ring (bicyclic) bond motifs is 1. The molecule has 3 aromatic rings. The normalized spacial score (nSPS) is 11.8. The second-order valence-corrected chi connectivity index (χ2v) is 6.45. The number of carbonyl (C=O) groups is 1. The summed E-state index contributed by atoms with van der Waals surface area (Å²) >= 11 is 8.88. The van der Waals surface area contributed by atoms with E-state index in [2.05, 4.69) is 5.16 Å². The molecular weight excluding hydrogens is 328 g/mol. The maximum atomic E-state index is 12.1. The molecule has 2 heterocycles. The lowest BCUT2D eigenvalue weighted by Gasteiger charge is -1.97. The molecule has 7 heteroatoms. The number of carbonyl (C=O) groups excluding carboxylic acids is 1. The van der Waals surface area contributed by atoms with Crippen molar-refractivity contribution in [2.45, 2.75) is 0 Å². The van der Waals surface area contributed by atoms with Gasteiger partial charge in [0.1, 0.15) is 4.88 Å². The Morgan fingerprint density at radius 2 is 2.05 bits per heavy atom. The van der Waals surface area contributed by atoms with E-state index in [9.17, 15) is 4.79 Å². The quantitative estimate of drug-likeness (QED) is 0.339. The molecule has 0 aliphatic rings. The van der Waals surface area contributed by atoms with Crippen LogP contribution in [0.2, 0.25) is 5.02 Å². The van der Waals surface area contributed by atoms with Crippen molar-refractivity contribution in [3.8, 4) is 0 Å². The van der Waals surface area contributed by atoms with Gasteiger partial charge < -0.3 is 10.6 Å². The van der Waals surface area contributed by atoms with Gasteiger partial charge in [-0.15, -0.1) is 22.7 Å². The Morgan fingerprint density at radius 3 is 2.76 bits per heavy atom. The van der Waals surface area contributed by atoms with E-state index in [1.165, 1.54) is 22.7 Å². The van der Waals surface area contributed by atoms with Gasteiger partial charge in [0.05, 0.1) is 9.90 Å². The Labute approximate surface area is 133 Å². The Balaban J connectivity index is 1.84. The third kappa shape index (κ3) is 2.78. The van der Waals surface area contributed by atoms with Crippen LogP contribution in [0.4, 0.5) is 0 Å². The summed E-state index contributed by atoms with van der Waals surface area (Å²) < 4.78 is 0.921. The molecule has 0 radical (unpaired) electrons. The average molecular weight is 337 g/mol. The summed E-state index contributed by atoms with van der Waals surface area (Å²) in [5, 5.41) is 6.73. The summed E-state index contributed by atoms with van der Waals surface area (Å²) in [4.78, 5) is 18.0. The van der Waals surface area contributed by atoms with E-state index in [1.54, 1.807) is 6.07 Å². The van der Waals surface area contributed by atoms with Gasteiger partial charge in [0.2, 0.25) is 0 Å². The third-order valence-corrected chi connectivity index (χ3v) is 5.27. The van der Waals surface area contributed by atoms with Gasteiger partial charge in [0.25, 0.3) is 0 Å². The van der Waals surface area contributed by atoms with Crippen molar-refractivity contribution in [1.82, 2.24) is 0 Å². The van der Waals surface area contributed by atoms with Crippen LogP contribution in [-0.4, -0.2) is 11.8 Å². The molecule has 21 heavy (non-hydrogen) atoms. The van der Waals surface area contributed by atoms with Gasteiger partial charge in [-0.3, -0.25) is 0 Å². The standard InChI is InChI=1S/C14H9ClN2O2S2/c15-11-8-4-1-2-5-9(8)21-12(11)14(18)19-17-13(16)10-6-3-7-20-10/h1-7H,(H2,16,17). The Hall–Kier alpha value is -1.89. The monoisotopic (exact) mass is 336 g/mol. The zero-order valence-electron chi connectivity index (χ0n) is 10.6. The lowest BCUT2D eigenvalue weighted by molar-refractivity contribution is 0.0522. The number of nitrogens with zero attached hydrogens (tertiary/aromatic N) is 1. The maximum Gasteiger partial charge on any atom is 0.377 e. The molecule has 0 saturated carbocycles. The van der Waals surface area contributed by atoms with Crippen LogP contribution in [-0.2, 0) is 4.84 Å². The fourth-order valence-corrected chi connectivity index (χ4v) is 3.75. The minimum Gasteiger partial charge on any atom is -0.380 e. The van der Waals surface area contributed by atoms with Crippen molar-refractivity contribution in [3.05, 3.63) is 56.6 Å². The fourth-order valence-electron chi connectivity index (χ4n) is 1.75. The van der Waals surface area contributed by atoms with Crippen molar-refractivity contribution < 1.29 is 9.63 Å². The largest absolute Gasteiger partial charge is 0.380 e. The van der Waals surface area contributed by atoms with Gasteiger partial charge >= 0.3 is 5.97 Å². The highest BCUT2D eigenvalue weighted by atomic mass is 35.5. The van der Waals surface area contributed by atoms with Gasteiger partial charge in [-0.2, -0.15) is 0 Å². The lowest BCUT2D eigenvalue weighted by atomic mass is 10.2. The molecule has 0 saturated heterocycles. The van der Waals surface area contributed by atoms with E-state index >= 15 is 0 Å². The summed E-state index contributed by atoms with van der Waals surface area (Å²) in [6.45, 7) is 0. The van der Waals surface area contributed by atoms with E-state index in [0.717, 1.165) is 15.0 Å². The highest BCUT2D eigenvalue weighted by Crippen LogP contribution is 2.35.